The summed E-state index contributed by atoms with van der Waals surface area (Å²) in [5, 5.41) is 0. The van der Waals surface area contributed by atoms with Crippen LogP contribution in [0.2, 0.25) is 0 Å². The summed E-state index contributed by atoms with van der Waals surface area (Å²) in [6, 6.07) is 0.219. The molecule has 0 saturated carbocycles. The van der Waals surface area contributed by atoms with E-state index in [1.807, 2.05) is 12.4 Å². The lowest BCUT2D eigenvalue weighted by Crippen LogP contribution is -2.36. The lowest BCUT2D eigenvalue weighted by atomic mass is 9.90. The summed E-state index contributed by atoms with van der Waals surface area (Å²) >= 11 is 0. The van der Waals surface area contributed by atoms with Gasteiger partial charge in [-0.2, -0.15) is 0 Å². The fourth-order valence-corrected chi connectivity index (χ4v) is 2.34. The highest BCUT2D eigenvalue weighted by molar-refractivity contribution is 4.96. The number of ether oxygens (including phenoxy) is 1. The molecule has 1 aliphatic rings. The molecular weight excluding hydrogens is 202 g/mol. The zero-order valence-electron chi connectivity index (χ0n) is 9.93. The standard InChI is InChI=1S/C12H21N3O/c1-2-15-6-5-14-12(15)9-11(13)10-3-7-16-8-4-10/h5-6,10-11H,2-4,7-9,13H2,1H3. The summed E-state index contributed by atoms with van der Waals surface area (Å²) < 4.78 is 7.52. The van der Waals surface area contributed by atoms with Gasteiger partial charge in [-0.05, 0) is 25.7 Å². The number of rotatable bonds is 4. The lowest BCUT2D eigenvalue weighted by molar-refractivity contribution is 0.0582. The Bertz CT molecular complexity index is 318. The monoisotopic (exact) mass is 223 g/mol. The van der Waals surface area contributed by atoms with Crippen LogP contribution in [0, 0.1) is 5.92 Å². The van der Waals surface area contributed by atoms with Crippen molar-refractivity contribution in [2.45, 2.75) is 38.8 Å². The number of aryl methyl sites for hydroxylation is 1. The maximum Gasteiger partial charge on any atom is 0.110 e. The molecule has 2 N–H and O–H groups in total. The molecule has 16 heavy (non-hydrogen) atoms. The number of hydrogen-bond donors (Lipinski definition) is 1. The molecule has 0 spiro atoms. The van der Waals surface area contributed by atoms with Gasteiger partial charge in [0, 0.05) is 44.6 Å². The molecule has 1 aliphatic heterocycles. The van der Waals surface area contributed by atoms with Crippen LogP contribution in [0.15, 0.2) is 12.4 Å². The van der Waals surface area contributed by atoms with E-state index < -0.39 is 0 Å². The van der Waals surface area contributed by atoms with E-state index in [2.05, 4.69) is 16.5 Å². The molecule has 90 valence electrons. The molecule has 1 aromatic heterocycles. The first kappa shape index (κ1) is 11.6. The fraction of sp³-hybridized carbons (Fsp3) is 0.750. The van der Waals surface area contributed by atoms with Crippen molar-refractivity contribution in [3.8, 4) is 0 Å². The van der Waals surface area contributed by atoms with Gasteiger partial charge in [0.05, 0.1) is 0 Å². The number of nitrogens with zero attached hydrogens (tertiary/aromatic N) is 2. The van der Waals surface area contributed by atoms with Gasteiger partial charge < -0.3 is 15.0 Å². The molecule has 4 heteroatoms. The Morgan fingerprint density at radius 2 is 2.31 bits per heavy atom. The van der Waals surface area contributed by atoms with Crippen LogP contribution < -0.4 is 5.73 Å². The van der Waals surface area contributed by atoms with E-state index in [0.717, 1.165) is 44.8 Å². The van der Waals surface area contributed by atoms with Crippen LogP contribution in [-0.2, 0) is 17.7 Å². The van der Waals surface area contributed by atoms with Gasteiger partial charge in [0.2, 0.25) is 0 Å². The van der Waals surface area contributed by atoms with E-state index in [-0.39, 0.29) is 6.04 Å². The Hall–Kier alpha value is -0.870. The topological polar surface area (TPSA) is 53.1 Å². The number of hydrogen-bond acceptors (Lipinski definition) is 3. The quantitative estimate of drug-likeness (QED) is 0.834. The van der Waals surface area contributed by atoms with E-state index in [9.17, 15) is 0 Å². The first-order valence-corrected chi connectivity index (χ1v) is 6.14. The second-order valence-corrected chi connectivity index (χ2v) is 4.45. The molecule has 4 nitrogen and oxygen atoms in total. The zero-order chi connectivity index (χ0) is 11.4. The van der Waals surface area contributed by atoms with Crippen molar-refractivity contribution >= 4 is 0 Å². The van der Waals surface area contributed by atoms with Crippen LogP contribution in [0.3, 0.4) is 0 Å². The van der Waals surface area contributed by atoms with Crippen molar-refractivity contribution in [2.24, 2.45) is 11.7 Å². The average molecular weight is 223 g/mol. The van der Waals surface area contributed by atoms with E-state index in [1.54, 1.807) is 0 Å². The fourth-order valence-electron chi connectivity index (χ4n) is 2.34. The third kappa shape index (κ3) is 2.62. The average Bonchev–Trinajstić information content (AvgIpc) is 2.77. The van der Waals surface area contributed by atoms with Gasteiger partial charge in [-0.15, -0.1) is 0 Å². The van der Waals surface area contributed by atoms with Crippen molar-refractivity contribution in [3.63, 3.8) is 0 Å². The van der Waals surface area contributed by atoms with Gasteiger partial charge in [0.1, 0.15) is 5.82 Å². The zero-order valence-corrected chi connectivity index (χ0v) is 9.93. The summed E-state index contributed by atoms with van der Waals surface area (Å²) in [7, 11) is 0. The predicted molar refractivity (Wildman–Crippen MR) is 63.1 cm³/mol. The highest BCUT2D eigenvalue weighted by atomic mass is 16.5. The first-order chi connectivity index (χ1) is 7.81. The van der Waals surface area contributed by atoms with Gasteiger partial charge in [-0.3, -0.25) is 0 Å². The minimum atomic E-state index is 0.219. The molecule has 0 bridgehead atoms. The maximum absolute atomic E-state index is 6.25. The summed E-state index contributed by atoms with van der Waals surface area (Å²) in [6.45, 7) is 4.82. The molecule has 1 fully saturated rings. The molecule has 0 aromatic carbocycles. The van der Waals surface area contributed by atoms with Gasteiger partial charge in [-0.1, -0.05) is 0 Å². The van der Waals surface area contributed by atoms with Crippen LogP contribution in [0.5, 0.6) is 0 Å². The van der Waals surface area contributed by atoms with Crippen molar-refractivity contribution in [2.75, 3.05) is 13.2 Å². The molecule has 2 rings (SSSR count). The Morgan fingerprint density at radius 3 is 3.00 bits per heavy atom. The molecule has 1 unspecified atom stereocenters. The van der Waals surface area contributed by atoms with Crippen molar-refractivity contribution in [1.29, 1.82) is 0 Å². The summed E-state index contributed by atoms with van der Waals surface area (Å²) in [4.78, 5) is 4.37. The highest BCUT2D eigenvalue weighted by Gasteiger charge is 2.22. The number of nitrogens with two attached hydrogens (primary N) is 1. The maximum atomic E-state index is 6.25. The normalized spacial score (nSPS) is 19.9. The minimum Gasteiger partial charge on any atom is -0.381 e. The first-order valence-electron chi connectivity index (χ1n) is 6.14. The molecule has 0 aliphatic carbocycles. The van der Waals surface area contributed by atoms with Gasteiger partial charge in [0.15, 0.2) is 0 Å². The number of imidazole rings is 1. The smallest absolute Gasteiger partial charge is 0.110 e. The number of aromatic nitrogens is 2. The summed E-state index contributed by atoms with van der Waals surface area (Å²) in [5.74, 6) is 1.71. The Morgan fingerprint density at radius 1 is 1.56 bits per heavy atom. The van der Waals surface area contributed by atoms with E-state index >= 15 is 0 Å². The summed E-state index contributed by atoms with van der Waals surface area (Å²) in [5.41, 5.74) is 6.25. The predicted octanol–water partition coefficient (Wildman–Crippen LogP) is 1.20. The van der Waals surface area contributed by atoms with Crippen LogP contribution in [0.4, 0.5) is 0 Å². The molecular formula is C12H21N3O. The Kier molecular flexibility index (Phi) is 3.96. The van der Waals surface area contributed by atoms with E-state index in [4.69, 9.17) is 10.5 Å². The van der Waals surface area contributed by atoms with E-state index in [0.29, 0.717) is 5.92 Å². The van der Waals surface area contributed by atoms with Gasteiger partial charge in [-0.25, -0.2) is 4.98 Å². The van der Waals surface area contributed by atoms with Crippen LogP contribution >= 0.6 is 0 Å². The molecule has 2 heterocycles. The van der Waals surface area contributed by atoms with Crippen molar-refractivity contribution in [3.05, 3.63) is 18.2 Å². The SMILES string of the molecule is CCn1ccnc1CC(N)C1CCOCC1. The molecule has 1 saturated heterocycles. The Labute approximate surface area is 96.8 Å². The Balaban J connectivity index is 1.93. The van der Waals surface area contributed by atoms with E-state index in [1.165, 1.54) is 0 Å². The third-order valence-electron chi connectivity index (χ3n) is 3.43. The third-order valence-corrected chi connectivity index (χ3v) is 3.43. The van der Waals surface area contributed by atoms with Crippen molar-refractivity contribution in [1.82, 2.24) is 9.55 Å². The van der Waals surface area contributed by atoms with Crippen LogP contribution in [0.1, 0.15) is 25.6 Å². The molecule has 1 atom stereocenters. The lowest BCUT2D eigenvalue weighted by Gasteiger charge is -2.27. The van der Waals surface area contributed by atoms with Crippen LogP contribution in [0.25, 0.3) is 0 Å². The molecule has 1 aromatic rings. The summed E-state index contributed by atoms with van der Waals surface area (Å²) in [6.07, 6.45) is 6.94. The minimum absolute atomic E-state index is 0.219. The second kappa shape index (κ2) is 5.46. The largest absolute Gasteiger partial charge is 0.381 e. The van der Waals surface area contributed by atoms with Crippen LogP contribution in [-0.4, -0.2) is 28.8 Å². The molecule has 0 amide bonds. The van der Waals surface area contributed by atoms with Crippen molar-refractivity contribution < 1.29 is 4.74 Å². The van der Waals surface area contributed by atoms with Gasteiger partial charge in [0.25, 0.3) is 0 Å². The highest BCUT2D eigenvalue weighted by Crippen LogP contribution is 2.19. The van der Waals surface area contributed by atoms with Gasteiger partial charge >= 0.3 is 0 Å². The molecule has 0 radical (unpaired) electrons. The second-order valence-electron chi connectivity index (χ2n) is 4.45.